The second kappa shape index (κ2) is 14.1. The minimum absolute atomic E-state index is 0.0448. The van der Waals surface area contributed by atoms with E-state index in [1.54, 1.807) is 0 Å². The van der Waals surface area contributed by atoms with Crippen molar-refractivity contribution in [1.82, 2.24) is 0 Å². The lowest BCUT2D eigenvalue weighted by Gasteiger charge is -2.37. The van der Waals surface area contributed by atoms with Crippen molar-refractivity contribution in [3.05, 3.63) is 37.5 Å². The highest BCUT2D eigenvalue weighted by atomic mass is 16.6. The monoisotopic (exact) mass is 464 g/mol. The predicted octanol–water partition coefficient (Wildman–Crippen LogP) is 6.23. The number of aliphatic hydroxyl groups is 1. The lowest BCUT2D eigenvalue weighted by molar-refractivity contribution is -0.140. The maximum Gasteiger partial charge on any atom is 0.330 e. The Hall–Kier alpha value is -1.43. The van der Waals surface area contributed by atoms with E-state index in [0.29, 0.717) is 25.0 Å². The highest BCUT2D eigenvalue weighted by Gasteiger charge is 2.33. The summed E-state index contributed by atoms with van der Waals surface area (Å²) >= 11 is 0. The number of hydrogen-bond donors (Lipinski definition) is 1. The van der Waals surface area contributed by atoms with Crippen LogP contribution in [0.2, 0.25) is 0 Å². The van der Waals surface area contributed by atoms with E-state index in [0.717, 1.165) is 51.6 Å². The third-order valence-corrected chi connectivity index (χ3v) is 7.40. The third-order valence-electron chi connectivity index (χ3n) is 7.40. The van der Waals surface area contributed by atoms with E-state index in [-0.39, 0.29) is 22.9 Å². The second-order valence-electron chi connectivity index (χ2n) is 10.8. The minimum atomic E-state index is -0.931. The van der Waals surface area contributed by atoms with E-state index < -0.39 is 6.29 Å². The van der Waals surface area contributed by atoms with Gasteiger partial charge in [-0.15, -0.1) is 0 Å². The van der Waals surface area contributed by atoms with Gasteiger partial charge in [-0.2, -0.15) is 0 Å². The summed E-state index contributed by atoms with van der Waals surface area (Å²) in [4.78, 5) is 11.5. The predicted molar refractivity (Wildman–Crippen MR) is 135 cm³/mol. The zero-order chi connectivity index (χ0) is 25.1. The molecule has 190 valence electrons. The maximum atomic E-state index is 11.5. The fourth-order valence-corrected chi connectivity index (χ4v) is 4.51. The van der Waals surface area contributed by atoms with E-state index in [9.17, 15) is 9.90 Å². The van der Waals surface area contributed by atoms with E-state index in [1.165, 1.54) is 17.7 Å². The van der Waals surface area contributed by atoms with Crippen molar-refractivity contribution in [1.29, 1.82) is 0 Å². The first kappa shape index (κ1) is 29.6. The molecular weight excluding hydrogens is 416 g/mol. The molecule has 5 unspecified atom stereocenters. The largest absolute Gasteiger partial charge is 0.462 e. The minimum Gasteiger partial charge on any atom is -0.462 e. The van der Waals surface area contributed by atoms with Crippen molar-refractivity contribution < 1.29 is 24.1 Å². The second-order valence-corrected chi connectivity index (χ2v) is 10.8. The SMILES string of the molecule is C=CC(=O)OCC(C)(C)CCC(C)(CC(CC)CCC1CCOC1COC(O)C=C)C(=C)C. The molecule has 0 amide bonds. The van der Waals surface area contributed by atoms with Crippen LogP contribution < -0.4 is 0 Å². The first-order valence-corrected chi connectivity index (χ1v) is 12.5. The summed E-state index contributed by atoms with van der Waals surface area (Å²) in [5.74, 6) is 0.704. The normalized spacial score (nSPS) is 22.2. The lowest BCUT2D eigenvalue weighted by atomic mass is 9.69. The van der Waals surface area contributed by atoms with Gasteiger partial charge in [0.25, 0.3) is 0 Å². The van der Waals surface area contributed by atoms with Crippen molar-refractivity contribution in [3.8, 4) is 0 Å². The van der Waals surface area contributed by atoms with Crippen LogP contribution in [0.4, 0.5) is 0 Å². The molecule has 1 heterocycles. The van der Waals surface area contributed by atoms with Gasteiger partial charge in [-0.1, -0.05) is 65.8 Å². The van der Waals surface area contributed by atoms with Crippen LogP contribution in [-0.2, 0) is 19.0 Å². The summed E-state index contributed by atoms with van der Waals surface area (Å²) in [5.41, 5.74) is 1.17. The van der Waals surface area contributed by atoms with Crippen molar-refractivity contribution in [2.75, 3.05) is 19.8 Å². The molecule has 1 aliphatic heterocycles. The third kappa shape index (κ3) is 10.6. The Balaban J connectivity index is 2.64. The van der Waals surface area contributed by atoms with Gasteiger partial charge in [0.05, 0.1) is 19.3 Å². The molecule has 5 nitrogen and oxygen atoms in total. The average Bonchev–Trinajstić information content (AvgIpc) is 3.24. The van der Waals surface area contributed by atoms with Crippen LogP contribution in [0.25, 0.3) is 0 Å². The van der Waals surface area contributed by atoms with Crippen LogP contribution in [0.15, 0.2) is 37.5 Å². The van der Waals surface area contributed by atoms with Crippen LogP contribution in [0.1, 0.15) is 79.6 Å². The summed E-state index contributed by atoms with van der Waals surface area (Å²) in [6.07, 6.45) is 9.22. The highest BCUT2D eigenvalue weighted by molar-refractivity contribution is 5.81. The fraction of sp³-hybridized carbons (Fsp3) is 0.750. The summed E-state index contributed by atoms with van der Waals surface area (Å²) in [7, 11) is 0. The Bertz CT molecular complexity index is 640. The van der Waals surface area contributed by atoms with Crippen LogP contribution in [0.5, 0.6) is 0 Å². The van der Waals surface area contributed by atoms with Gasteiger partial charge in [0.15, 0.2) is 6.29 Å². The standard InChI is InChI=1S/C28H48O5/c1-9-22(12-13-23-14-17-31-24(23)19-32-25(29)10-2)18-28(8,21(4)5)16-15-27(6,7)20-33-26(30)11-3/h10-11,22-25,29H,2-4,9,12-20H2,1,5-8H3. The molecule has 1 N–H and O–H groups in total. The van der Waals surface area contributed by atoms with E-state index in [1.807, 2.05) is 0 Å². The van der Waals surface area contributed by atoms with Gasteiger partial charge in [-0.25, -0.2) is 4.79 Å². The number of ether oxygens (including phenoxy) is 3. The van der Waals surface area contributed by atoms with Crippen LogP contribution >= 0.6 is 0 Å². The van der Waals surface area contributed by atoms with Crippen LogP contribution in [0, 0.1) is 22.7 Å². The molecule has 0 aromatic carbocycles. The van der Waals surface area contributed by atoms with E-state index in [2.05, 4.69) is 54.4 Å². The number of esters is 1. The van der Waals surface area contributed by atoms with Crippen LogP contribution in [-0.4, -0.2) is 43.3 Å². The molecule has 5 atom stereocenters. The van der Waals surface area contributed by atoms with E-state index >= 15 is 0 Å². The first-order chi connectivity index (χ1) is 15.5. The van der Waals surface area contributed by atoms with Crippen molar-refractivity contribution in [2.45, 2.75) is 92.0 Å². The van der Waals surface area contributed by atoms with Gasteiger partial charge in [0.2, 0.25) is 0 Å². The van der Waals surface area contributed by atoms with Gasteiger partial charge < -0.3 is 19.3 Å². The molecule has 0 aliphatic carbocycles. The quantitative estimate of drug-likeness (QED) is 0.120. The van der Waals surface area contributed by atoms with Gasteiger partial charge in [0, 0.05) is 12.7 Å². The topological polar surface area (TPSA) is 65.0 Å². The summed E-state index contributed by atoms with van der Waals surface area (Å²) in [6.45, 7) is 23.9. The molecule has 0 aromatic heterocycles. The molecule has 5 heteroatoms. The fourth-order valence-electron chi connectivity index (χ4n) is 4.51. The molecule has 1 aliphatic rings. The summed E-state index contributed by atoms with van der Waals surface area (Å²) in [6, 6.07) is 0. The lowest BCUT2D eigenvalue weighted by Crippen LogP contribution is -2.28. The maximum absolute atomic E-state index is 11.5. The van der Waals surface area contributed by atoms with Crippen molar-refractivity contribution >= 4 is 5.97 Å². The molecule has 0 aromatic rings. The highest BCUT2D eigenvalue weighted by Crippen LogP contribution is 2.43. The number of aliphatic hydroxyl groups excluding tert-OH is 1. The van der Waals surface area contributed by atoms with Gasteiger partial charge in [-0.05, 0) is 67.8 Å². The summed E-state index contributed by atoms with van der Waals surface area (Å²) < 4.78 is 16.6. The smallest absolute Gasteiger partial charge is 0.330 e. The average molecular weight is 465 g/mol. The van der Waals surface area contributed by atoms with Gasteiger partial charge >= 0.3 is 5.97 Å². The molecule has 1 rings (SSSR count). The molecule has 33 heavy (non-hydrogen) atoms. The number of allylic oxidation sites excluding steroid dienone is 1. The zero-order valence-electron chi connectivity index (χ0n) is 21.7. The van der Waals surface area contributed by atoms with Crippen LogP contribution in [0.3, 0.4) is 0 Å². The Kier molecular flexibility index (Phi) is 12.6. The number of hydrogen-bond acceptors (Lipinski definition) is 5. The number of rotatable bonds is 17. The molecule has 1 fully saturated rings. The molecule has 0 saturated carbocycles. The molecular formula is C28H48O5. The Morgan fingerprint density at radius 2 is 1.97 bits per heavy atom. The molecule has 1 saturated heterocycles. The zero-order valence-corrected chi connectivity index (χ0v) is 21.7. The van der Waals surface area contributed by atoms with Gasteiger partial charge in [0.1, 0.15) is 0 Å². The Labute approximate surface area is 202 Å². The van der Waals surface area contributed by atoms with Gasteiger partial charge in [-0.3, -0.25) is 0 Å². The number of carbonyl (C=O) groups is 1. The Morgan fingerprint density at radius 3 is 2.55 bits per heavy atom. The summed E-state index contributed by atoms with van der Waals surface area (Å²) in [5, 5.41) is 9.59. The van der Waals surface area contributed by atoms with E-state index in [4.69, 9.17) is 14.2 Å². The van der Waals surface area contributed by atoms with Crippen molar-refractivity contribution in [2.24, 2.45) is 22.7 Å². The molecule has 0 radical (unpaired) electrons. The molecule has 0 spiro atoms. The Morgan fingerprint density at radius 1 is 1.27 bits per heavy atom. The van der Waals surface area contributed by atoms with Crippen molar-refractivity contribution in [3.63, 3.8) is 0 Å². The molecule has 0 bridgehead atoms. The number of carbonyl (C=O) groups excluding carboxylic acids is 1. The first-order valence-electron chi connectivity index (χ1n) is 12.5.